The molecule has 5 heteroatoms. The van der Waals surface area contributed by atoms with Crippen molar-refractivity contribution in [1.29, 1.82) is 0 Å². The summed E-state index contributed by atoms with van der Waals surface area (Å²) in [4.78, 5) is 25.8. The number of nitrogens with one attached hydrogen (secondary N) is 2. The van der Waals surface area contributed by atoms with Crippen LogP contribution in [0.1, 0.15) is 24.2 Å². The third-order valence-corrected chi connectivity index (χ3v) is 3.28. The van der Waals surface area contributed by atoms with Gasteiger partial charge in [-0.3, -0.25) is 9.59 Å². The van der Waals surface area contributed by atoms with Gasteiger partial charge in [0.2, 0.25) is 5.91 Å². The molecule has 1 heterocycles. The van der Waals surface area contributed by atoms with Crippen molar-refractivity contribution in [3.05, 3.63) is 29.8 Å². The number of nitrogens with zero attached hydrogens (tertiary/aromatic N) is 1. The molecule has 1 unspecified atom stereocenters. The summed E-state index contributed by atoms with van der Waals surface area (Å²) in [5.74, 6) is -0.195. The fraction of sp³-hybridized carbons (Fsp3) is 0.429. The van der Waals surface area contributed by atoms with Crippen molar-refractivity contribution in [2.45, 2.75) is 19.9 Å². The van der Waals surface area contributed by atoms with Gasteiger partial charge in [0.05, 0.1) is 5.56 Å². The topological polar surface area (TPSA) is 61.4 Å². The first-order valence-corrected chi connectivity index (χ1v) is 6.56. The number of piperazine rings is 1. The highest BCUT2D eigenvalue weighted by Gasteiger charge is 2.30. The zero-order chi connectivity index (χ0) is 13.8. The Morgan fingerprint density at radius 3 is 2.95 bits per heavy atom. The fourth-order valence-corrected chi connectivity index (χ4v) is 2.23. The molecule has 1 fully saturated rings. The number of anilines is 1. The van der Waals surface area contributed by atoms with Gasteiger partial charge in [0.25, 0.3) is 5.91 Å². The van der Waals surface area contributed by atoms with E-state index in [-0.39, 0.29) is 11.8 Å². The van der Waals surface area contributed by atoms with E-state index in [4.69, 9.17) is 0 Å². The van der Waals surface area contributed by atoms with Crippen molar-refractivity contribution in [3.63, 3.8) is 0 Å². The highest BCUT2D eigenvalue weighted by atomic mass is 16.2. The molecule has 1 aliphatic heterocycles. The first-order valence-electron chi connectivity index (χ1n) is 6.56. The molecule has 5 nitrogen and oxygen atoms in total. The molecule has 0 bridgehead atoms. The van der Waals surface area contributed by atoms with Crippen molar-refractivity contribution in [2.75, 3.05) is 25.0 Å². The summed E-state index contributed by atoms with van der Waals surface area (Å²) in [5, 5.41) is 5.93. The van der Waals surface area contributed by atoms with E-state index in [0.29, 0.717) is 18.7 Å². The maximum absolute atomic E-state index is 12.6. The lowest BCUT2D eigenvalue weighted by Crippen LogP contribution is -2.55. The van der Waals surface area contributed by atoms with Gasteiger partial charge in [0.1, 0.15) is 6.04 Å². The van der Waals surface area contributed by atoms with Crippen molar-refractivity contribution in [1.82, 2.24) is 10.2 Å². The Kier molecular flexibility index (Phi) is 4.04. The summed E-state index contributed by atoms with van der Waals surface area (Å²) in [6, 6.07) is 6.98. The Bertz CT molecular complexity index is 487. The van der Waals surface area contributed by atoms with Crippen molar-refractivity contribution < 1.29 is 9.59 Å². The van der Waals surface area contributed by atoms with Gasteiger partial charge >= 0.3 is 0 Å². The van der Waals surface area contributed by atoms with E-state index in [9.17, 15) is 9.59 Å². The van der Waals surface area contributed by atoms with Crippen LogP contribution in [0, 0.1) is 0 Å². The SMILES string of the molecule is CCNc1ccccc1C(=O)N1CCNC(=O)C1C. The van der Waals surface area contributed by atoms with Crippen LogP contribution in [0.5, 0.6) is 0 Å². The van der Waals surface area contributed by atoms with Crippen LogP contribution in [-0.4, -0.2) is 42.4 Å². The average molecular weight is 261 g/mol. The highest BCUT2D eigenvalue weighted by Crippen LogP contribution is 2.19. The first kappa shape index (κ1) is 13.4. The summed E-state index contributed by atoms with van der Waals surface area (Å²) in [5.41, 5.74) is 1.43. The summed E-state index contributed by atoms with van der Waals surface area (Å²) in [6.07, 6.45) is 0. The van der Waals surface area contributed by atoms with E-state index in [2.05, 4.69) is 10.6 Å². The minimum atomic E-state index is -0.420. The summed E-state index contributed by atoms with van der Waals surface area (Å²) >= 11 is 0. The molecule has 0 radical (unpaired) electrons. The van der Waals surface area contributed by atoms with E-state index in [1.54, 1.807) is 17.9 Å². The van der Waals surface area contributed by atoms with Gasteiger partial charge in [-0.15, -0.1) is 0 Å². The Labute approximate surface area is 113 Å². The van der Waals surface area contributed by atoms with Crippen LogP contribution >= 0.6 is 0 Å². The molecule has 1 aromatic rings. The third-order valence-electron chi connectivity index (χ3n) is 3.28. The molecule has 1 aromatic carbocycles. The second-order valence-corrected chi connectivity index (χ2v) is 4.54. The molecule has 1 saturated heterocycles. The van der Waals surface area contributed by atoms with Crippen molar-refractivity contribution in [3.8, 4) is 0 Å². The van der Waals surface area contributed by atoms with E-state index >= 15 is 0 Å². The summed E-state index contributed by atoms with van der Waals surface area (Å²) in [7, 11) is 0. The summed E-state index contributed by atoms with van der Waals surface area (Å²) < 4.78 is 0. The maximum Gasteiger partial charge on any atom is 0.256 e. The Morgan fingerprint density at radius 1 is 1.47 bits per heavy atom. The number of amides is 2. The number of carbonyl (C=O) groups excluding carboxylic acids is 2. The van der Waals surface area contributed by atoms with E-state index in [1.807, 2.05) is 25.1 Å². The zero-order valence-electron chi connectivity index (χ0n) is 11.3. The van der Waals surface area contributed by atoms with Crippen molar-refractivity contribution >= 4 is 17.5 Å². The lowest BCUT2D eigenvalue weighted by molar-refractivity contribution is -0.127. The van der Waals surface area contributed by atoms with Gasteiger partial charge in [-0.05, 0) is 26.0 Å². The number of benzene rings is 1. The predicted molar refractivity (Wildman–Crippen MR) is 74.1 cm³/mol. The van der Waals surface area contributed by atoms with Gasteiger partial charge in [-0.1, -0.05) is 12.1 Å². The second-order valence-electron chi connectivity index (χ2n) is 4.54. The minimum absolute atomic E-state index is 0.0967. The van der Waals surface area contributed by atoms with Gasteiger partial charge in [-0.25, -0.2) is 0 Å². The van der Waals surface area contributed by atoms with Crippen LogP contribution in [0.15, 0.2) is 24.3 Å². The Balaban J connectivity index is 2.26. The zero-order valence-corrected chi connectivity index (χ0v) is 11.3. The third kappa shape index (κ3) is 2.70. The summed E-state index contributed by atoms with van der Waals surface area (Å²) in [6.45, 7) is 5.55. The van der Waals surface area contributed by atoms with Gasteiger partial charge in [0.15, 0.2) is 0 Å². The van der Waals surface area contributed by atoms with E-state index in [1.165, 1.54) is 0 Å². The lowest BCUT2D eigenvalue weighted by Gasteiger charge is -2.33. The average Bonchev–Trinajstić information content (AvgIpc) is 2.42. The molecule has 19 heavy (non-hydrogen) atoms. The standard InChI is InChI=1S/C14H19N3O2/c1-3-15-12-7-5-4-6-11(12)14(19)17-9-8-16-13(18)10(17)2/h4-7,10,15H,3,8-9H2,1-2H3,(H,16,18). The first-order chi connectivity index (χ1) is 9.15. The lowest BCUT2D eigenvalue weighted by atomic mass is 10.1. The monoisotopic (exact) mass is 261 g/mol. The number of hydrogen-bond acceptors (Lipinski definition) is 3. The van der Waals surface area contributed by atoms with E-state index < -0.39 is 6.04 Å². The molecule has 0 aliphatic carbocycles. The van der Waals surface area contributed by atoms with E-state index in [0.717, 1.165) is 12.2 Å². The fourth-order valence-electron chi connectivity index (χ4n) is 2.23. The van der Waals surface area contributed by atoms with Gasteiger partial charge in [0, 0.05) is 25.3 Å². The molecule has 2 N–H and O–H groups in total. The van der Waals surface area contributed by atoms with Crippen LogP contribution in [0.25, 0.3) is 0 Å². The molecule has 1 atom stereocenters. The maximum atomic E-state index is 12.6. The van der Waals surface area contributed by atoms with Crippen molar-refractivity contribution in [2.24, 2.45) is 0 Å². The molecule has 102 valence electrons. The second kappa shape index (κ2) is 5.73. The molecule has 0 aromatic heterocycles. The molecule has 2 rings (SSSR count). The Hall–Kier alpha value is -2.04. The number of carbonyl (C=O) groups is 2. The van der Waals surface area contributed by atoms with Gasteiger partial charge < -0.3 is 15.5 Å². The Morgan fingerprint density at radius 2 is 2.21 bits per heavy atom. The minimum Gasteiger partial charge on any atom is -0.385 e. The highest BCUT2D eigenvalue weighted by molar-refractivity contribution is 6.02. The number of para-hydroxylation sites is 1. The molecule has 0 spiro atoms. The molecular formula is C14H19N3O2. The molecule has 1 aliphatic rings. The number of rotatable bonds is 3. The van der Waals surface area contributed by atoms with Gasteiger partial charge in [-0.2, -0.15) is 0 Å². The van der Waals surface area contributed by atoms with Crippen LogP contribution in [0.2, 0.25) is 0 Å². The van der Waals surface area contributed by atoms with Crippen LogP contribution in [0.4, 0.5) is 5.69 Å². The van der Waals surface area contributed by atoms with Crippen LogP contribution in [0.3, 0.4) is 0 Å². The molecule has 0 saturated carbocycles. The molecular weight excluding hydrogens is 242 g/mol. The smallest absolute Gasteiger partial charge is 0.256 e. The number of hydrogen-bond donors (Lipinski definition) is 2. The van der Waals surface area contributed by atoms with Crippen LogP contribution in [-0.2, 0) is 4.79 Å². The van der Waals surface area contributed by atoms with Crippen LogP contribution < -0.4 is 10.6 Å². The normalized spacial score (nSPS) is 18.9. The quantitative estimate of drug-likeness (QED) is 0.856. The predicted octanol–water partition coefficient (Wildman–Crippen LogP) is 1.08. The largest absolute Gasteiger partial charge is 0.385 e. The molecule has 2 amide bonds.